The first-order valence-corrected chi connectivity index (χ1v) is 7.36. The van der Waals surface area contributed by atoms with Gasteiger partial charge in [0.25, 0.3) is 5.91 Å². The first-order valence-electron chi connectivity index (χ1n) is 7.36. The van der Waals surface area contributed by atoms with Crippen molar-refractivity contribution in [2.45, 2.75) is 33.4 Å². The van der Waals surface area contributed by atoms with E-state index in [1.165, 1.54) is 0 Å². The Labute approximate surface area is 125 Å². The van der Waals surface area contributed by atoms with Crippen LogP contribution in [0.2, 0.25) is 0 Å². The lowest BCUT2D eigenvalue weighted by Gasteiger charge is -2.06. The number of benzene rings is 1. The highest BCUT2D eigenvalue weighted by Crippen LogP contribution is 2.11. The van der Waals surface area contributed by atoms with Gasteiger partial charge < -0.3 is 10.6 Å². The van der Waals surface area contributed by atoms with Crippen molar-refractivity contribution >= 4 is 11.6 Å². The minimum absolute atomic E-state index is 0.0371. The predicted molar refractivity (Wildman–Crippen MR) is 84.3 cm³/mol. The van der Waals surface area contributed by atoms with Crippen molar-refractivity contribution in [2.24, 2.45) is 0 Å². The fourth-order valence-corrected chi connectivity index (χ4v) is 2.06. The number of hydrogen-bond donors (Lipinski definition) is 2. The van der Waals surface area contributed by atoms with Crippen molar-refractivity contribution in [1.82, 2.24) is 15.1 Å². The zero-order valence-corrected chi connectivity index (χ0v) is 12.6. The summed E-state index contributed by atoms with van der Waals surface area (Å²) >= 11 is 0. The third kappa shape index (κ3) is 4.34. The van der Waals surface area contributed by atoms with Crippen molar-refractivity contribution < 1.29 is 4.79 Å². The molecule has 0 aliphatic heterocycles. The minimum Gasteiger partial charge on any atom is -0.381 e. The average Bonchev–Trinajstić information content (AvgIpc) is 2.94. The molecule has 0 fully saturated rings. The molecule has 0 bridgehead atoms. The van der Waals surface area contributed by atoms with Crippen LogP contribution in [0.4, 0.5) is 5.69 Å². The molecule has 112 valence electrons. The number of rotatable bonds is 7. The zero-order valence-electron chi connectivity index (χ0n) is 12.6. The van der Waals surface area contributed by atoms with Gasteiger partial charge in [0.1, 0.15) is 0 Å². The second kappa shape index (κ2) is 7.47. The smallest absolute Gasteiger partial charge is 0.251 e. The van der Waals surface area contributed by atoms with Crippen LogP contribution in [-0.2, 0) is 13.1 Å². The van der Waals surface area contributed by atoms with Crippen LogP contribution in [0.5, 0.6) is 0 Å². The Balaban J connectivity index is 1.89. The first-order chi connectivity index (χ1) is 10.2. The highest BCUT2D eigenvalue weighted by Gasteiger charge is 2.03. The van der Waals surface area contributed by atoms with Gasteiger partial charge >= 0.3 is 0 Å². The third-order valence-electron chi connectivity index (χ3n) is 3.12. The summed E-state index contributed by atoms with van der Waals surface area (Å²) in [4.78, 5) is 11.7. The van der Waals surface area contributed by atoms with Crippen LogP contribution in [-0.4, -0.2) is 22.2 Å². The van der Waals surface area contributed by atoms with Gasteiger partial charge in [0.2, 0.25) is 0 Å². The standard InChI is InChI=1S/C16H22N4O/c1-3-9-20-12-13(11-19-20)10-18-15-7-5-14(6-8-15)16(21)17-4-2/h5-8,11-12,18H,3-4,9-10H2,1-2H3,(H,17,21). The average molecular weight is 286 g/mol. The number of nitrogens with one attached hydrogen (secondary N) is 2. The van der Waals surface area contributed by atoms with Crippen molar-refractivity contribution in [2.75, 3.05) is 11.9 Å². The van der Waals surface area contributed by atoms with E-state index in [1.807, 2.05) is 42.1 Å². The Kier molecular flexibility index (Phi) is 5.37. The van der Waals surface area contributed by atoms with Gasteiger partial charge in [0.05, 0.1) is 6.20 Å². The van der Waals surface area contributed by atoms with E-state index < -0.39 is 0 Å². The van der Waals surface area contributed by atoms with Gasteiger partial charge in [0.15, 0.2) is 0 Å². The lowest BCUT2D eigenvalue weighted by atomic mass is 10.2. The summed E-state index contributed by atoms with van der Waals surface area (Å²) in [7, 11) is 0. The van der Waals surface area contributed by atoms with E-state index in [0.29, 0.717) is 12.1 Å². The van der Waals surface area contributed by atoms with E-state index in [9.17, 15) is 4.79 Å². The Morgan fingerprint density at radius 3 is 2.67 bits per heavy atom. The summed E-state index contributed by atoms with van der Waals surface area (Å²) in [6, 6.07) is 7.49. The van der Waals surface area contributed by atoms with Gasteiger partial charge in [-0.05, 0) is 37.6 Å². The van der Waals surface area contributed by atoms with Crippen LogP contribution in [0.25, 0.3) is 0 Å². The van der Waals surface area contributed by atoms with Gasteiger partial charge in [-0.1, -0.05) is 6.92 Å². The largest absolute Gasteiger partial charge is 0.381 e. The Hall–Kier alpha value is -2.30. The van der Waals surface area contributed by atoms with Gasteiger partial charge in [-0.3, -0.25) is 9.48 Å². The molecule has 1 aromatic heterocycles. The molecule has 2 aromatic rings. The summed E-state index contributed by atoms with van der Waals surface area (Å²) in [6.45, 7) is 6.36. The van der Waals surface area contributed by atoms with Crippen molar-refractivity contribution in [1.29, 1.82) is 0 Å². The van der Waals surface area contributed by atoms with E-state index in [-0.39, 0.29) is 5.91 Å². The number of amides is 1. The molecule has 0 saturated carbocycles. The van der Waals surface area contributed by atoms with E-state index in [4.69, 9.17) is 0 Å². The molecule has 21 heavy (non-hydrogen) atoms. The highest BCUT2D eigenvalue weighted by atomic mass is 16.1. The maximum atomic E-state index is 11.7. The molecule has 0 unspecified atom stereocenters. The second-order valence-electron chi connectivity index (χ2n) is 4.90. The van der Waals surface area contributed by atoms with Crippen LogP contribution in [0.3, 0.4) is 0 Å². The quantitative estimate of drug-likeness (QED) is 0.822. The molecule has 2 rings (SSSR count). The number of aromatic nitrogens is 2. The van der Waals surface area contributed by atoms with Crippen molar-refractivity contribution in [3.05, 3.63) is 47.8 Å². The van der Waals surface area contributed by atoms with Crippen LogP contribution in [0, 0.1) is 0 Å². The Morgan fingerprint density at radius 2 is 2.00 bits per heavy atom. The van der Waals surface area contributed by atoms with E-state index in [0.717, 1.165) is 30.8 Å². The summed E-state index contributed by atoms with van der Waals surface area (Å²) in [6.07, 6.45) is 5.02. The topological polar surface area (TPSA) is 59.0 Å². The lowest BCUT2D eigenvalue weighted by Crippen LogP contribution is -2.22. The number of nitrogens with zero attached hydrogens (tertiary/aromatic N) is 2. The normalized spacial score (nSPS) is 10.4. The third-order valence-corrected chi connectivity index (χ3v) is 3.12. The maximum absolute atomic E-state index is 11.7. The zero-order chi connectivity index (χ0) is 15.1. The Bertz CT molecular complexity index is 574. The van der Waals surface area contributed by atoms with Crippen LogP contribution in [0.15, 0.2) is 36.7 Å². The molecule has 1 amide bonds. The van der Waals surface area contributed by atoms with Gasteiger partial charge in [0, 0.05) is 42.6 Å². The summed E-state index contributed by atoms with van der Waals surface area (Å²) < 4.78 is 1.95. The molecule has 0 saturated heterocycles. The Morgan fingerprint density at radius 1 is 1.24 bits per heavy atom. The van der Waals surface area contributed by atoms with Crippen LogP contribution in [0.1, 0.15) is 36.2 Å². The summed E-state index contributed by atoms with van der Waals surface area (Å²) in [5.74, 6) is -0.0371. The fraction of sp³-hybridized carbons (Fsp3) is 0.375. The molecular formula is C16H22N4O. The number of anilines is 1. The maximum Gasteiger partial charge on any atom is 0.251 e. The molecule has 5 nitrogen and oxygen atoms in total. The molecule has 1 aromatic carbocycles. The first kappa shape index (κ1) is 15.1. The van der Waals surface area contributed by atoms with Crippen molar-refractivity contribution in [3.8, 4) is 0 Å². The number of hydrogen-bond acceptors (Lipinski definition) is 3. The minimum atomic E-state index is -0.0371. The second-order valence-corrected chi connectivity index (χ2v) is 4.90. The predicted octanol–water partition coefficient (Wildman–Crippen LogP) is 2.65. The number of carbonyl (C=O) groups is 1. The SMILES string of the molecule is CCCn1cc(CNc2ccc(C(=O)NCC)cc2)cn1. The van der Waals surface area contributed by atoms with Gasteiger partial charge in [-0.15, -0.1) is 0 Å². The fourth-order valence-electron chi connectivity index (χ4n) is 2.06. The summed E-state index contributed by atoms with van der Waals surface area (Å²) in [5, 5.41) is 10.4. The molecule has 0 aliphatic carbocycles. The molecule has 0 radical (unpaired) electrons. The van der Waals surface area contributed by atoms with Gasteiger partial charge in [-0.2, -0.15) is 5.10 Å². The highest BCUT2D eigenvalue weighted by molar-refractivity contribution is 5.94. The molecular weight excluding hydrogens is 264 g/mol. The van der Waals surface area contributed by atoms with E-state index >= 15 is 0 Å². The molecule has 0 spiro atoms. The summed E-state index contributed by atoms with van der Waals surface area (Å²) in [5.41, 5.74) is 2.82. The van der Waals surface area contributed by atoms with E-state index in [2.05, 4.69) is 28.9 Å². The van der Waals surface area contributed by atoms with Crippen LogP contribution < -0.4 is 10.6 Å². The van der Waals surface area contributed by atoms with Crippen molar-refractivity contribution in [3.63, 3.8) is 0 Å². The molecule has 1 heterocycles. The lowest BCUT2D eigenvalue weighted by molar-refractivity contribution is 0.0956. The van der Waals surface area contributed by atoms with Crippen LogP contribution >= 0.6 is 0 Å². The molecule has 0 atom stereocenters. The molecule has 2 N–H and O–H groups in total. The van der Waals surface area contributed by atoms with E-state index in [1.54, 1.807) is 0 Å². The van der Waals surface area contributed by atoms with Gasteiger partial charge in [-0.25, -0.2) is 0 Å². The molecule has 0 aliphatic rings. The molecule has 5 heteroatoms. The number of aryl methyl sites for hydroxylation is 1. The number of carbonyl (C=O) groups excluding carboxylic acids is 1. The monoisotopic (exact) mass is 286 g/mol.